The first-order valence-corrected chi connectivity index (χ1v) is 7.95. The van der Waals surface area contributed by atoms with E-state index in [0.717, 1.165) is 36.1 Å². The van der Waals surface area contributed by atoms with Gasteiger partial charge in [-0.25, -0.2) is 0 Å². The van der Waals surface area contributed by atoms with Gasteiger partial charge in [0, 0.05) is 18.2 Å². The zero-order valence-electron chi connectivity index (χ0n) is 13.0. The highest BCUT2D eigenvalue weighted by Crippen LogP contribution is 2.50. The van der Waals surface area contributed by atoms with Crippen LogP contribution < -0.4 is 0 Å². The van der Waals surface area contributed by atoms with Crippen LogP contribution in [-0.2, 0) is 17.6 Å². The Morgan fingerprint density at radius 3 is 2.83 bits per heavy atom. The molecule has 0 fully saturated rings. The van der Waals surface area contributed by atoms with E-state index in [1.807, 2.05) is 18.2 Å². The summed E-state index contributed by atoms with van der Waals surface area (Å²) in [5, 5.41) is 20.2. The van der Waals surface area contributed by atoms with Crippen LogP contribution in [0.15, 0.2) is 30.3 Å². The fraction of sp³-hybridized carbons (Fsp3) is 0.316. The molecule has 1 unspecified atom stereocenters. The van der Waals surface area contributed by atoms with Crippen molar-refractivity contribution in [3.8, 4) is 22.6 Å². The van der Waals surface area contributed by atoms with Gasteiger partial charge in [-0.3, -0.25) is 9.69 Å². The minimum absolute atomic E-state index is 0.0435. The van der Waals surface area contributed by atoms with Crippen molar-refractivity contribution < 1.29 is 15.0 Å². The summed E-state index contributed by atoms with van der Waals surface area (Å²) < 4.78 is 0. The summed E-state index contributed by atoms with van der Waals surface area (Å²) in [6, 6.07) is 9.71. The molecule has 0 bridgehead atoms. The molecule has 1 atom stereocenters. The number of nitrogens with zero attached hydrogens (tertiary/aromatic N) is 1. The third kappa shape index (κ3) is 2.13. The van der Waals surface area contributed by atoms with Gasteiger partial charge in [-0.05, 0) is 48.1 Å². The summed E-state index contributed by atoms with van der Waals surface area (Å²) in [7, 11) is 0. The second-order valence-corrected chi connectivity index (χ2v) is 6.49. The molecule has 1 heterocycles. The second kappa shape index (κ2) is 5.10. The fourth-order valence-corrected chi connectivity index (χ4v) is 4.05. The van der Waals surface area contributed by atoms with E-state index < -0.39 is 0 Å². The van der Waals surface area contributed by atoms with Crippen LogP contribution >= 0.6 is 0 Å². The van der Waals surface area contributed by atoms with Gasteiger partial charge in [0.25, 0.3) is 0 Å². The van der Waals surface area contributed by atoms with Crippen molar-refractivity contribution in [1.29, 1.82) is 0 Å². The molecule has 2 N–H and O–H groups in total. The monoisotopic (exact) mass is 309 g/mol. The van der Waals surface area contributed by atoms with Crippen LogP contribution in [0, 0.1) is 0 Å². The summed E-state index contributed by atoms with van der Waals surface area (Å²) in [5.41, 5.74) is 5.22. The molecule has 0 radical (unpaired) electrons. The topological polar surface area (TPSA) is 60.8 Å². The SMILES string of the molecule is CC(=O)CN1CCc2cccc3c2C1Cc1ccc(O)c(O)c1-3. The first kappa shape index (κ1) is 14.3. The molecule has 2 aliphatic rings. The molecule has 0 amide bonds. The van der Waals surface area contributed by atoms with E-state index in [0.29, 0.717) is 6.54 Å². The van der Waals surface area contributed by atoms with Crippen LogP contribution in [-0.4, -0.2) is 34.0 Å². The predicted molar refractivity (Wildman–Crippen MR) is 87.6 cm³/mol. The first-order chi connectivity index (χ1) is 11.1. The highest BCUT2D eigenvalue weighted by molar-refractivity contribution is 5.83. The number of rotatable bonds is 2. The molecular weight excluding hydrogens is 290 g/mol. The lowest BCUT2D eigenvalue weighted by Gasteiger charge is -2.41. The number of carbonyl (C=O) groups excluding carboxylic acids is 1. The summed E-state index contributed by atoms with van der Waals surface area (Å²) in [6.07, 6.45) is 1.66. The number of phenols is 2. The van der Waals surface area contributed by atoms with E-state index in [1.54, 1.807) is 13.0 Å². The lowest BCUT2D eigenvalue weighted by Crippen LogP contribution is -2.40. The Hall–Kier alpha value is -2.33. The molecule has 0 aromatic heterocycles. The van der Waals surface area contributed by atoms with Gasteiger partial charge < -0.3 is 10.2 Å². The van der Waals surface area contributed by atoms with E-state index in [-0.39, 0.29) is 23.3 Å². The lowest BCUT2D eigenvalue weighted by atomic mass is 9.76. The van der Waals surface area contributed by atoms with Crippen LogP contribution in [0.25, 0.3) is 11.1 Å². The van der Waals surface area contributed by atoms with Gasteiger partial charge in [-0.1, -0.05) is 24.3 Å². The largest absolute Gasteiger partial charge is 0.504 e. The number of phenolic OH excluding ortho intramolecular Hbond substituents is 2. The maximum Gasteiger partial charge on any atom is 0.165 e. The summed E-state index contributed by atoms with van der Waals surface area (Å²) >= 11 is 0. The molecule has 1 aliphatic heterocycles. The van der Waals surface area contributed by atoms with E-state index in [9.17, 15) is 15.0 Å². The van der Waals surface area contributed by atoms with Crippen LogP contribution in [0.4, 0.5) is 0 Å². The standard InChI is InChI=1S/C19H19NO3/c1-11(21)10-20-8-7-12-3-2-4-14-17(12)15(20)9-13-5-6-16(22)19(23)18(13)14/h2-6,15,22-23H,7-10H2,1H3. The van der Waals surface area contributed by atoms with Crippen molar-refractivity contribution in [2.24, 2.45) is 0 Å². The predicted octanol–water partition coefficient (Wildman–Crippen LogP) is 2.81. The molecule has 4 heteroatoms. The van der Waals surface area contributed by atoms with E-state index in [2.05, 4.69) is 11.0 Å². The summed E-state index contributed by atoms with van der Waals surface area (Å²) in [5.74, 6) is 0.0412. The Kier molecular flexibility index (Phi) is 3.16. The maximum atomic E-state index is 11.6. The molecule has 0 spiro atoms. The second-order valence-electron chi connectivity index (χ2n) is 6.49. The molecule has 0 saturated heterocycles. The Labute approximate surface area is 135 Å². The van der Waals surface area contributed by atoms with Gasteiger partial charge >= 0.3 is 0 Å². The first-order valence-electron chi connectivity index (χ1n) is 7.95. The number of hydrogen-bond acceptors (Lipinski definition) is 4. The Morgan fingerprint density at radius 1 is 1.22 bits per heavy atom. The molecular formula is C19H19NO3. The van der Waals surface area contributed by atoms with Gasteiger partial charge in [0.05, 0.1) is 6.54 Å². The number of carbonyl (C=O) groups is 1. The number of fused-ring (bicyclic) bond motifs is 2. The molecule has 1 aliphatic carbocycles. The number of aromatic hydroxyl groups is 2. The van der Waals surface area contributed by atoms with Gasteiger partial charge in [-0.2, -0.15) is 0 Å². The molecule has 4 rings (SSSR count). The van der Waals surface area contributed by atoms with E-state index >= 15 is 0 Å². The zero-order valence-corrected chi connectivity index (χ0v) is 13.0. The number of Topliss-reactive ketones (excluding diaryl/α,β-unsaturated/α-hetero) is 1. The van der Waals surface area contributed by atoms with Crippen LogP contribution in [0.1, 0.15) is 29.7 Å². The van der Waals surface area contributed by atoms with Gasteiger partial charge in [0.1, 0.15) is 5.78 Å². The third-order valence-electron chi connectivity index (χ3n) is 4.99. The highest BCUT2D eigenvalue weighted by Gasteiger charge is 2.35. The minimum atomic E-state index is -0.0868. The van der Waals surface area contributed by atoms with Gasteiger partial charge in [-0.15, -0.1) is 0 Å². The average Bonchev–Trinajstić information content (AvgIpc) is 2.53. The normalized spacial score (nSPS) is 19.1. The maximum absolute atomic E-state index is 11.6. The molecule has 0 saturated carbocycles. The average molecular weight is 309 g/mol. The van der Waals surface area contributed by atoms with Crippen molar-refractivity contribution in [3.63, 3.8) is 0 Å². The Morgan fingerprint density at radius 2 is 2.04 bits per heavy atom. The third-order valence-corrected chi connectivity index (χ3v) is 4.99. The molecule has 4 nitrogen and oxygen atoms in total. The van der Waals surface area contributed by atoms with Crippen molar-refractivity contribution in [1.82, 2.24) is 4.90 Å². The summed E-state index contributed by atoms with van der Waals surface area (Å²) in [6.45, 7) is 2.96. The molecule has 2 aromatic carbocycles. The van der Waals surface area contributed by atoms with Crippen molar-refractivity contribution in [3.05, 3.63) is 47.0 Å². The minimum Gasteiger partial charge on any atom is -0.504 e. The quantitative estimate of drug-likeness (QED) is 0.838. The number of ketones is 1. The summed E-state index contributed by atoms with van der Waals surface area (Å²) in [4.78, 5) is 13.9. The van der Waals surface area contributed by atoms with E-state index in [4.69, 9.17) is 0 Å². The highest BCUT2D eigenvalue weighted by atomic mass is 16.3. The number of hydrogen-bond donors (Lipinski definition) is 2. The zero-order chi connectivity index (χ0) is 16.1. The lowest BCUT2D eigenvalue weighted by molar-refractivity contribution is -0.118. The van der Waals surface area contributed by atoms with E-state index in [1.165, 1.54) is 11.1 Å². The van der Waals surface area contributed by atoms with Gasteiger partial charge in [0.15, 0.2) is 11.5 Å². The van der Waals surface area contributed by atoms with Gasteiger partial charge in [0.2, 0.25) is 0 Å². The van der Waals surface area contributed by atoms with Crippen molar-refractivity contribution in [2.45, 2.75) is 25.8 Å². The Bertz CT molecular complexity index is 813. The van der Waals surface area contributed by atoms with Crippen molar-refractivity contribution >= 4 is 5.78 Å². The smallest absolute Gasteiger partial charge is 0.165 e. The van der Waals surface area contributed by atoms with Crippen molar-refractivity contribution in [2.75, 3.05) is 13.1 Å². The molecule has 118 valence electrons. The van der Waals surface area contributed by atoms with Crippen LogP contribution in [0.3, 0.4) is 0 Å². The number of benzene rings is 2. The Balaban J connectivity index is 1.92. The van der Waals surface area contributed by atoms with Crippen LogP contribution in [0.5, 0.6) is 11.5 Å². The van der Waals surface area contributed by atoms with Crippen LogP contribution in [0.2, 0.25) is 0 Å². The molecule has 23 heavy (non-hydrogen) atoms. The fourth-order valence-electron chi connectivity index (χ4n) is 4.05. The molecule has 2 aromatic rings.